The summed E-state index contributed by atoms with van der Waals surface area (Å²) in [6, 6.07) is 32.2. The van der Waals surface area contributed by atoms with Crippen LogP contribution in [0.5, 0.6) is 0 Å². The van der Waals surface area contributed by atoms with Crippen LogP contribution in [0.4, 0.5) is 0 Å². The van der Waals surface area contributed by atoms with Crippen molar-refractivity contribution in [3.05, 3.63) is 96.1 Å². The summed E-state index contributed by atoms with van der Waals surface area (Å²) in [5, 5.41) is 17.7. The average molecular weight is 450 g/mol. The predicted octanol–water partition coefficient (Wildman–Crippen LogP) is 8.27. The van der Waals surface area contributed by atoms with Crippen LogP contribution in [0.1, 0.15) is 31.9 Å². The van der Waals surface area contributed by atoms with Gasteiger partial charge in [0.25, 0.3) is 0 Å². The van der Waals surface area contributed by atoms with Crippen LogP contribution in [0.2, 0.25) is 0 Å². The minimum atomic E-state index is 0.0161. The third kappa shape index (κ3) is 2.68. The van der Waals surface area contributed by atoms with E-state index >= 15 is 0 Å². The largest absolute Gasteiger partial charge is 0.291 e. The quantitative estimate of drug-likeness (QED) is 0.219. The highest BCUT2D eigenvalue weighted by Crippen LogP contribution is 2.40. The Kier molecular flexibility index (Phi) is 3.89. The van der Waals surface area contributed by atoms with E-state index in [0.717, 1.165) is 43.7 Å². The van der Waals surface area contributed by atoms with Crippen LogP contribution in [0.25, 0.3) is 59.9 Å². The molecule has 0 N–H and O–H groups in total. The van der Waals surface area contributed by atoms with E-state index in [9.17, 15) is 5.26 Å². The molecule has 0 bridgehead atoms. The third-order valence-corrected chi connectivity index (χ3v) is 7.32. The lowest BCUT2D eigenvalue weighted by molar-refractivity contribution is 0.591. The molecule has 7 rings (SSSR count). The van der Waals surface area contributed by atoms with E-state index in [0.29, 0.717) is 5.56 Å². The Labute approximate surface area is 202 Å². The molecule has 2 aromatic heterocycles. The van der Waals surface area contributed by atoms with Crippen LogP contribution in [-0.4, -0.2) is 9.38 Å². The first-order valence-electron chi connectivity index (χ1n) is 12.0. The van der Waals surface area contributed by atoms with Crippen LogP contribution in [0.3, 0.4) is 0 Å². The number of rotatable bonds is 0. The minimum absolute atomic E-state index is 0.0161. The molecule has 5 aromatic carbocycles. The standard InChI is InChI=1S/C32H23N3/c1-32(2,3)20-13-15-28-27(17-20)26-16-19(18-33)12-14-25(26)31-34-29-23-10-6-4-8-21(23)22-9-5-7-11-24(22)30(29)35(28)31/h4-17H,1-3H3. The van der Waals surface area contributed by atoms with Crippen molar-refractivity contribution < 1.29 is 0 Å². The Morgan fingerprint density at radius 1 is 0.686 bits per heavy atom. The van der Waals surface area contributed by atoms with Crippen molar-refractivity contribution in [2.45, 2.75) is 26.2 Å². The van der Waals surface area contributed by atoms with Crippen LogP contribution in [0.15, 0.2) is 84.9 Å². The summed E-state index contributed by atoms with van der Waals surface area (Å²) in [6.45, 7) is 6.71. The van der Waals surface area contributed by atoms with Gasteiger partial charge in [-0.2, -0.15) is 5.26 Å². The molecule has 7 aromatic rings. The summed E-state index contributed by atoms with van der Waals surface area (Å²) in [7, 11) is 0. The zero-order chi connectivity index (χ0) is 23.9. The molecule has 0 amide bonds. The van der Waals surface area contributed by atoms with Gasteiger partial charge in [-0.15, -0.1) is 0 Å². The molecule has 3 nitrogen and oxygen atoms in total. The number of imidazole rings is 1. The van der Waals surface area contributed by atoms with Gasteiger partial charge in [0.1, 0.15) is 5.65 Å². The maximum absolute atomic E-state index is 9.65. The van der Waals surface area contributed by atoms with Crippen LogP contribution in [-0.2, 0) is 5.41 Å². The molecule has 0 fully saturated rings. The first-order valence-corrected chi connectivity index (χ1v) is 12.0. The second-order valence-corrected chi connectivity index (χ2v) is 10.4. The number of benzene rings is 5. The zero-order valence-corrected chi connectivity index (χ0v) is 19.9. The van der Waals surface area contributed by atoms with E-state index in [1.807, 2.05) is 12.1 Å². The molecule has 0 saturated heterocycles. The van der Waals surface area contributed by atoms with Gasteiger partial charge in [-0.25, -0.2) is 4.98 Å². The number of fused-ring (bicyclic) bond motifs is 13. The number of nitrogens with zero attached hydrogens (tertiary/aromatic N) is 3. The number of pyridine rings is 1. The summed E-state index contributed by atoms with van der Waals surface area (Å²) < 4.78 is 2.33. The van der Waals surface area contributed by atoms with E-state index in [1.54, 1.807) is 0 Å². The summed E-state index contributed by atoms with van der Waals surface area (Å²) in [5.41, 5.74) is 6.13. The SMILES string of the molecule is CC(C)(C)c1ccc2c(c1)c1cc(C#N)ccc1c1nc3c4ccccc4c4ccccc4c3n21. The molecule has 35 heavy (non-hydrogen) atoms. The second kappa shape index (κ2) is 6.81. The van der Waals surface area contributed by atoms with Gasteiger partial charge in [-0.1, -0.05) is 75.4 Å². The summed E-state index contributed by atoms with van der Waals surface area (Å²) in [6.07, 6.45) is 0. The lowest BCUT2D eigenvalue weighted by atomic mass is 9.86. The lowest BCUT2D eigenvalue weighted by Crippen LogP contribution is -2.10. The normalized spacial score (nSPS) is 12.4. The topological polar surface area (TPSA) is 41.1 Å². The molecule has 0 aliphatic carbocycles. The molecule has 0 aliphatic heterocycles. The predicted molar refractivity (Wildman–Crippen MR) is 146 cm³/mol. The van der Waals surface area contributed by atoms with E-state index in [-0.39, 0.29) is 5.41 Å². The van der Waals surface area contributed by atoms with Crippen molar-refractivity contribution in [3.63, 3.8) is 0 Å². The van der Waals surface area contributed by atoms with Gasteiger partial charge in [-0.3, -0.25) is 4.40 Å². The molecule has 0 unspecified atom stereocenters. The molecule has 3 heteroatoms. The molecule has 0 radical (unpaired) electrons. The van der Waals surface area contributed by atoms with Gasteiger partial charge in [0.2, 0.25) is 0 Å². The van der Waals surface area contributed by atoms with Crippen molar-refractivity contribution in [3.8, 4) is 6.07 Å². The van der Waals surface area contributed by atoms with Crippen LogP contribution < -0.4 is 0 Å². The number of nitriles is 1. The number of hydrogen-bond acceptors (Lipinski definition) is 2. The lowest BCUT2D eigenvalue weighted by Gasteiger charge is -2.20. The van der Waals surface area contributed by atoms with Crippen molar-refractivity contribution >= 4 is 59.9 Å². The number of aromatic nitrogens is 2. The van der Waals surface area contributed by atoms with E-state index < -0.39 is 0 Å². The molecule has 0 spiro atoms. The minimum Gasteiger partial charge on any atom is -0.291 e. The van der Waals surface area contributed by atoms with Crippen molar-refractivity contribution in [2.75, 3.05) is 0 Å². The Morgan fingerprint density at radius 3 is 2.09 bits per heavy atom. The maximum Gasteiger partial charge on any atom is 0.146 e. The molecule has 0 saturated carbocycles. The molecule has 0 atom stereocenters. The smallest absolute Gasteiger partial charge is 0.146 e. The number of hydrogen-bond donors (Lipinski definition) is 0. The molecule has 0 aliphatic rings. The highest BCUT2D eigenvalue weighted by Gasteiger charge is 2.20. The highest BCUT2D eigenvalue weighted by atomic mass is 15.0. The van der Waals surface area contributed by atoms with Crippen molar-refractivity contribution in [1.82, 2.24) is 9.38 Å². The molecule has 2 heterocycles. The maximum atomic E-state index is 9.65. The van der Waals surface area contributed by atoms with Crippen LogP contribution in [0, 0.1) is 11.3 Å². The van der Waals surface area contributed by atoms with Gasteiger partial charge in [0, 0.05) is 21.5 Å². The summed E-state index contributed by atoms with van der Waals surface area (Å²) in [4.78, 5) is 5.28. The van der Waals surface area contributed by atoms with E-state index in [4.69, 9.17) is 4.98 Å². The van der Waals surface area contributed by atoms with E-state index in [2.05, 4.69) is 104 Å². The van der Waals surface area contributed by atoms with Gasteiger partial charge in [-0.05, 0) is 57.5 Å². The first kappa shape index (κ1) is 20.0. The summed E-state index contributed by atoms with van der Waals surface area (Å²) in [5.74, 6) is 0. The Bertz CT molecular complexity index is 2050. The Hall–Kier alpha value is -4.42. The first-order chi connectivity index (χ1) is 17.0. The fraction of sp³-hybridized carbons (Fsp3) is 0.125. The van der Waals surface area contributed by atoms with Crippen molar-refractivity contribution in [2.24, 2.45) is 0 Å². The molecular formula is C32H23N3. The highest BCUT2D eigenvalue weighted by molar-refractivity contribution is 6.26. The zero-order valence-electron chi connectivity index (χ0n) is 19.9. The van der Waals surface area contributed by atoms with Gasteiger partial charge in [0.15, 0.2) is 0 Å². The third-order valence-electron chi connectivity index (χ3n) is 7.32. The monoisotopic (exact) mass is 449 g/mol. The fourth-order valence-electron chi connectivity index (χ4n) is 5.57. The van der Waals surface area contributed by atoms with Crippen molar-refractivity contribution in [1.29, 1.82) is 5.26 Å². The second-order valence-electron chi connectivity index (χ2n) is 10.4. The fourth-order valence-corrected chi connectivity index (χ4v) is 5.57. The molecular weight excluding hydrogens is 426 g/mol. The van der Waals surface area contributed by atoms with Gasteiger partial charge >= 0.3 is 0 Å². The Balaban J connectivity index is 1.83. The Morgan fingerprint density at radius 2 is 1.37 bits per heavy atom. The average Bonchev–Trinajstić information content (AvgIpc) is 3.29. The van der Waals surface area contributed by atoms with Gasteiger partial charge in [0.05, 0.1) is 28.2 Å². The van der Waals surface area contributed by atoms with E-state index in [1.165, 1.54) is 21.7 Å². The molecule has 166 valence electrons. The van der Waals surface area contributed by atoms with Gasteiger partial charge < -0.3 is 0 Å². The van der Waals surface area contributed by atoms with Crippen LogP contribution >= 0.6 is 0 Å². The summed E-state index contributed by atoms with van der Waals surface area (Å²) >= 11 is 0.